The highest BCUT2D eigenvalue weighted by molar-refractivity contribution is 5.70. The molecule has 2 aliphatic heterocycles. The highest BCUT2D eigenvalue weighted by Gasteiger charge is 2.47. The van der Waals surface area contributed by atoms with Crippen LogP contribution < -0.4 is 0 Å². The first-order valence-corrected chi connectivity index (χ1v) is 26.2. The molecule has 0 bridgehead atoms. The molecule has 0 radical (unpaired) electrons. The lowest BCUT2D eigenvalue weighted by Gasteiger charge is -2.42. The number of aliphatic hydroxyl groups is 7. The zero-order valence-electron chi connectivity index (χ0n) is 41.6. The predicted octanol–water partition coefficient (Wildman–Crippen LogP) is 7.49. The molecule has 7 N–H and O–H groups in total. The summed E-state index contributed by atoms with van der Waals surface area (Å²) in [5.41, 5.74) is 0. The van der Waals surface area contributed by atoms with Gasteiger partial charge in [-0.1, -0.05) is 140 Å². The number of rotatable bonds is 40. The molecule has 0 aromatic rings. The Morgan fingerprint density at radius 1 is 0.471 bits per heavy atom. The van der Waals surface area contributed by atoms with Crippen molar-refractivity contribution in [1.82, 2.24) is 0 Å². The van der Waals surface area contributed by atoms with E-state index in [0.717, 1.165) is 89.9 Å². The number of esters is 2. The minimum Gasteiger partial charge on any atom is -0.462 e. The SMILES string of the molecule is CCCCCC/C=C\C/C=C\CCCCCCCC(=O)OCC(COC1OC(COC2OC(CO)C(O)C(O)C2O)C(O)C(O)C1O)OC(=O)CCCCCCC/C=C\C/C=C\CCCCCC. The lowest BCUT2D eigenvalue weighted by Crippen LogP contribution is -2.61. The molecule has 2 fully saturated rings. The van der Waals surface area contributed by atoms with Gasteiger partial charge in [0.05, 0.1) is 19.8 Å². The maximum atomic E-state index is 13.0. The Balaban J connectivity index is 1.82. The van der Waals surface area contributed by atoms with Crippen LogP contribution in [-0.2, 0) is 38.0 Å². The van der Waals surface area contributed by atoms with Crippen molar-refractivity contribution in [3.63, 3.8) is 0 Å². The molecule has 0 aromatic heterocycles. The van der Waals surface area contributed by atoms with E-state index in [-0.39, 0.29) is 19.4 Å². The molecule has 15 nitrogen and oxygen atoms in total. The van der Waals surface area contributed by atoms with Gasteiger partial charge in [-0.25, -0.2) is 0 Å². The minimum atomic E-state index is -1.77. The van der Waals surface area contributed by atoms with Crippen LogP contribution in [0.3, 0.4) is 0 Å². The average molecular weight is 969 g/mol. The number of hydrogen-bond donors (Lipinski definition) is 7. The van der Waals surface area contributed by atoms with Gasteiger partial charge in [-0.05, 0) is 77.0 Å². The van der Waals surface area contributed by atoms with Crippen LogP contribution >= 0.6 is 0 Å². The first-order valence-electron chi connectivity index (χ1n) is 26.2. The molecule has 394 valence electrons. The van der Waals surface area contributed by atoms with Gasteiger partial charge in [0.15, 0.2) is 18.7 Å². The number of ether oxygens (including phenoxy) is 6. The largest absolute Gasteiger partial charge is 0.462 e. The van der Waals surface area contributed by atoms with E-state index in [2.05, 4.69) is 62.5 Å². The van der Waals surface area contributed by atoms with Crippen molar-refractivity contribution >= 4 is 11.9 Å². The highest BCUT2D eigenvalue weighted by atomic mass is 16.7. The fourth-order valence-corrected chi connectivity index (χ4v) is 7.92. The molecule has 68 heavy (non-hydrogen) atoms. The summed E-state index contributed by atoms with van der Waals surface area (Å²) in [6.45, 7) is 2.52. The van der Waals surface area contributed by atoms with E-state index in [9.17, 15) is 45.3 Å². The van der Waals surface area contributed by atoms with Gasteiger partial charge in [0.25, 0.3) is 0 Å². The Kier molecular flexibility index (Phi) is 36.3. The Bertz CT molecular complexity index is 1370. The molecule has 2 saturated heterocycles. The summed E-state index contributed by atoms with van der Waals surface area (Å²) >= 11 is 0. The normalized spacial score (nSPS) is 26.1. The van der Waals surface area contributed by atoms with Crippen LogP contribution in [-0.4, -0.2) is 142 Å². The smallest absolute Gasteiger partial charge is 0.306 e. The standard InChI is InChI=1S/C53H92O15/c1-3-5-7-9-11-13-15-17-19-21-23-25-27-29-31-33-35-44(55)63-38-41(66-45(56)36-34-32-30-28-26-24-22-20-18-16-14-12-10-8-6-4-2)39-64-52-51(62)49(60)47(58)43(68-52)40-65-53-50(61)48(59)46(57)42(37-54)67-53/h13-16,19-22,41-43,46-54,57-62H,3-12,17-18,23-40H2,1-2H3/b15-13-,16-14-,21-19-,22-20-. The summed E-state index contributed by atoms with van der Waals surface area (Å²) in [6, 6.07) is 0. The van der Waals surface area contributed by atoms with Crippen molar-refractivity contribution in [3.8, 4) is 0 Å². The Morgan fingerprint density at radius 2 is 0.882 bits per heavy atom. The molecule has 11 unspecified atom stereocenters. The second-order valence-electron chi connectivity index (χ2n) is 18.3. The zero-order chi connectivity index (χ0) is 49.6. The van der Waals surface area contributed by atoms with E-state index in [1.807, 2.05) is 0 Å². The molecule has 0 saturated carbocycles. The van der Waals surface area contributed by atoms with E-state index in [1.165, 1.54) is 51.4 Å². The predicted molar refractivity (Wildman–Crippen MR) is 261 cm³/mol. The molecule has 0 aromatic carbocycles. The van der Waals surface area contributed by atoms with E-state index in [0.29, 0.717) is 12.8 Å². The van der Waals surface area contributed by atoms with Crippen LogP contribution in [0, 0.1) is 0 Å². The molecule has 0 aliphatic carbocycles. The Morgan fingerprint density at radius 3 is 1.37 bits per heavy atom. The van der Waals surface area contributed by atoms with Gasteiger partial charge < -0.3 is 64.2 Å². The summed E-state index contributed by atoms with van der Waals surface area (Å²) < 4.78 is 33.6. The van der Waals surface area contributed by atoms with Crippen molar-refractivity contribution in [2.75, 3.05) is 26.4 Å². The van der Waals surface area contributed by atoms with Crippen LogP contribution in [0.15, 0.2) is 48.6 Å². The number of allylic oxidation sites excluding steroid dienone is 8. The minimum absolute atomic E-state index is 0.145. The Hall–Kier alpha value is -2.54. The van der Waals surface area contributed by atoms with Gasteiger partial charge in [-0.2, -0.15) is 0 Å². The molecule has 15 heteroatoms. The third-order valence-electron chi connectivity index (χ3n) is 12.3. The van der Waals surface area contributed by atoms with E-state index < -0.39 is 99.3 Å². The van der Waals surface area contributed by atoms with Gasteiger partial charge in [0.2, 0.25) is 0 Å². The molecule has 0 spiro atoms. The Labute approximate surface area is 408 Å². The summed E-state index contributed by atoms with van der Waals surface area (Å²) in [4.78, 5) is 25.8. The maximum absolute atomic E-state index is 13.0. The molecule has 2 aliphatic rings. The third-order valence-corrected chi connectivity index (χ3v) is 12.3. The monoisotopic (exact) mass is 969 g/mol. The molecule has 11 atom stereocenters. The third kappa shape index (κ3) is 27.7. The van der Waals surface area contributed by atoms with Gasteiger partial charge >= 0.3 is 11.9 Å². The summed E-state index contributed by atoms with van der Waals surface area (Å²) in [5.74, 6) is -0.957. The number of aliphatic hydroxyl groups excluding tert-OH is 7. The fourth-order valence-electron chi connectivity index (χ4n) is 7.92. The van der Waals surface area contributed by atoms with E-state index in [1.54, 1.807) is 0 Å². The van der Waals surface area contributed by atoms with Gasteiger partial charge in [0, 0.05) is 12.8 Å². The van der Waals surface area contributed by atoms with Crippen molar-refractivity contribution in [3.05, 3.63) is 48.6 Å². The van der Waals surface area contributed by atoms with Gasteiger partial charge in [-0.3, -0.25) is 9.59 Å². The van der Waals surface area contributed by atoms with Crippen molar-refractivity contribution in [1.29, 1.82) is 0 Å². The number of carbonyl (C=O) groups excluding carboxylic acids is 2. The van der Waals surface area contributed by atoms with Crippen LogP contribution in [0.4, 0.5) is 0 Å². The molecular formula is C53H92O15. The lowest BCUT2D eigenvalue weighted by atomic mass is 9.98. The fraction of sp³-hybridized carbons (Fsp3) is 0.811. The van der Waals surface area contributed by atoms with Crippen molar-refractivity contribution in [2.24, 2.45) is 0 Å². The van der Waals surface area contributed by atoms with Crippen LogP contribution in [0.2, 0.25) is 0 Å². The van der Waals surface area contributed by atoms with Gasteiger partial charge in [0.1, 0.15) is 55.4 Å². The quantitative estimate of drug-likeness (QED) is 0.0179. The van der Waals surface area contributed by atoms with Crippen LogP contribution in [0.1, 0.15) is 181 Å². The number of hydrogen-bond acceptors (Lipinski definition) is 15. The van der Waals surface area contributed by atoms with Crippen LogP contribution in [0.5, 0.6) is 0 Å². The molecular weight excluding hydrogens is 877 g/mol. The number of carbonyl (C=O) groups is 2. The molecule has 0 amide bonds. The molecule has 2 heterocycles. The summed E-state index contributed by atoms with van der Waals surface area (Å²) in [7, 11) is 0. The first kappa shape index (κ1) is 61.6. The van der Waals surface area contributed by atoms with Crippen molar-refractivity contribution < 1.29 is 73.8 Å². The van der Waals surface area contributed by atoms with Gasteiger partial charge in [-0.15, -0.1) is 0 Å². The van der Waals surface area contributed by atoms with E-state index >= 15 is 0 Å². The van der Waals surface area contributed by atoms with Crippen molar-refractivity contribution in [2.45, 2.75) is 248 Å². The zero-order valence-corrected chi connectivity index (χ0v) is 41.6. The van der Waals surface area contributed by atoms with Crippen LogP contribution in [0.25, 0.3) is 0 Å². The second-order valence-corrected chi connectivity index (χ2v) is 18.3. The number of unbranched alkanes of at least 4 members (excludes halogenated alkanes) is 18. The van der Waals surface area contributed by atoms with E-state index in [4.69, 9.17) is 28.4 Å². The first-order chi connectivity index (χ1) is 33.0. The topological polar surface area (TPSA) is 231 Å². The average Bonchev–Trinajstić information content (AvgIpc) is 3.33. The summed E-state index contributed by atoms with van der Waals surface area (Å²) in [6.07, 6.45) is 27.0. The second kappa shape index (κ2) is 40.1. The summed E-state index contributed by atoms with van der Waals surface area (Å²) in [5, 5.41) is 72.1. The molecule has 2 rings (SSSR count). The maximum Gasteiger partial charge on any atom is 0.306 e. The lowest BCUT2D eigenvalue weighted by molar-refractivity contribution is -0.332. The highest BCUT2D eigenvalue weighted by Crippen LogP contribution is 2.26.